The van der Waals surface area contributed by atoms with Gasteiger partial charge in [-0.1, -0.05) is 0 Å². The minimum absolute atomic E-state index is 0.644. The summed E-state index contributed by atoms with van der Waals surface area (Å²) in [6, 6.07) is 4.79. The predicted octanol–water partition coefficient (Wildman–Crippen LogP) is 1.54. The van der Waals surface area contributed by atoms with Crippen molar-refractivity contribution in [1.82, 2.24) is 0 Å². The lowest BCUT2D eigenvalue weighted by atomic mass is 9.99. The minimum Gasteiger partial charge on any atom is -0.466 e. The number of rotatable bonds is 2. The number of aryl methyl sites for hydroxylation is 1. The number of hydrogen-bond donors (Lipinski definition) is 1. The van der Waals surface area contributed by atoms with Gasteiger partial charge in [-0.2, -0.15) is 0 Å². The molecule has 3 N–H and O–H groups in total. The Balaban J connectivity index is 1.97. The lowest BCUT2D eigenvalue weighted by molar-refractivity contribution is -0.428. The van der Waals surface area contributed by atoms with E-state index in [2.05, 4.69) is 11.8 Å². The largest absolute Gasteiger partial charge is 0.466 e. The van der Waals surface area contributed by atoms with Gasteiger partial charge in [0.15, 0.2) is 0 Å². The Bertz CT molecular complexity index is 279. The quantitative estimate of drug-likeness (QED) is 0.737. The third-order valence-corrected chi connectivity index (χ3v) is 3.08. The highest BCUT2D eigenvalue weighted by atomic mass is 16.3. The molecule has 2 nitrogen and oxygen atoms in total. The van der Waals surface area contributed by atoms with E-state index >= 15 is 0 Å². The van der Waals surface area contributed by atoms with Crippen molar-refractivity contribution in [3.8, 4) is 0 Å². The average molecular weight is 180 g/mol. The van der Waals surface area contributed by atoms with E-state index in [0.29, 0.717) is 6.04 Å². The van der Waals surface area contributed by atoms with Crippen LogP contribution in [-0.4, -0.2) is 6.04 Å². The van der Waals surface area contributed by atoms with Gasteiger partial charge >= 0.3 is 0 Å². The molecule has 1 heterocycles. The van der Waals surface area contributed by atoms with Crippen LogP contribution in [0.25, 0.3) is 0 Å². The summed E-state index contributed by atoms with van der Waals surface area (Å²) in [5.41, 5.74) is 4.18. The minimum atomic E-state index is 0.644. The highest BCUT2D eigenvalue weighted by Crippen LogP contribution is 2.26. The Labute approximate surface area is 79.1 Å². The zero-order valence-electron chi connectivity index (χ0n) is 8.25. The maximum atomic E-state index is 5.57. The second-order valence-corrected chi connectivity index (χ2v) is 4.17. The standard InChI is InChI=1S/C11H17NO/c1-8-5-6-10(13-8)7-9-3-2-4-11(9)12/h5-6,9,11H,2-4,7,12H2,1H3/p+1/t9-,11+/m1/s1. The Morgan fingerprint density at radius 1 is 1.46 bits per heavy atom. The van der Waals surface area contributed by atoms with Crippen molar-refractivity contribution in [2.45, 2.75) is 38.6 Å². The third kappa shape index (κ3) is 1.94. The molecule has 1 fully saturated rings. The number of quaternary nitrogens is 1. The molecule has 72 valence electrons. The first-order chi connectivity index (χ1) is 6.25. The molecule has 0 unspecified atom stereocenters. The summed E-state index contributed by atoms with van der Waals surface area (Å²) in [5.74, 6) is 2.91. The first-order valence-corrected chi connectivity index (χ1v) is 5.14. The van der Waals surface area contributed by atoms with Crippen molar-refractivity contribution in [3.05, 3.63) is 23.7 Å². The van der Waals surface area contributed by atoms with Crippen LogP contribution in [0.5, 0.6) is 0 Å². The summed E-state index contributed by atoms with van der Waals surface area (Å²) in [6.45, 7) is 2.00. The lowest BCUT2D eigenvalue weighted by Gasteiger charge is -2.09. The summed E-state index contributed by atoms with van der Waals surface area (Å²) in [7, 11) is 0. The van der Waals surface area contributed by atoms with E-state index in [9.17, 15) is 0 Å². The highest BCUT2D eigenvalue weighted by Gasteiger charge is 2.27. The van der Waals surface area contributed by atoms with E-state index in [4.69, 9.17) is 4.42 Å². The normalized spacial score (nSPS) is 28.2. The Hall–Kier alpha value is -0.760. The van der Waals surface area contributed by atoms with Crippen LogP contribution in [0.15, 0.2) is 16.5 Å². The van der Waals surface area contributed by atoms with Crippen molar-refractivity contribution in [3.63, 3.8) is 0 Å². The van der Waals surface area contributed by atoms with Crippen molar-refractivity contribution >= 4 is 0 Å². The first kappa shape index (κ1) is 8.82. The molecule has 1 aliphatic carbocycles. The molecule has 1 saturated carbocycles. The maximum Gasteiger partial charge on any atom is 0.104 e. The summed E-state index contributed by atoms with van der Waals surface area (Å²) in [4.78, 5) is 0. The third-order valence-electron chi connectivity index (χ3n) is 3.08. The van der Waals surface area contributed by atoms with Gasteiger partial charge in [0.05, 0.1) is 6.04 Å². The van der Waals surface area contributed by atoms with Gasteiger partial charge in [-0.25, -0.2) is 0 Å². The molecule has 0 aromatic carbocycles. The molecule has 13 heavy (non-hydrogen) atoms. The van der Waals surface area contributed by atoms with Gasteiger partial charge in [0.1, 0.15) is 11.5 Å². The SMILES string of the molecule is Cc1ccc(C[C@H]2CCC[C@@H]2[NH3+])o1. The molecule has 2 atom stereocenters. The Morgan fingerprint density at radius 2 is 2.31 bits per heavy atom. The van der Waals surface area contributed by atoms with Crippen LogP contribution >= 0.6 is 0 Å². The monoisotopic (exact) mass is 180 g/mol. The van der Waals surface area contributed by atoms with Gasteiger partial charge < -0.3 is 10.2 Å². The fourth-order valence-electron chi connectivity index (χ4n) is 2.24. The molecule has 1 aromatic rings. The van der Waals surface area contributed by atoms with E-state index in [1.165, 1.54) is 19.3 Å². The van der Waals surface area contributed by atoms with Crippen molar-refractivity contribution in [1.29, 1.82) is 0 Å². The average Bonchev–Trinajstić information content (AvgIpc) is 2.64. The molecular weight excluding hydrogens is 162 g/mol. The Morgan fingerprint density at radius 3 is 2.85 bits per heavy atom. The van der Waals surface area contributed by atoms with Crippen LogP contribution in [0.2, 0.25) is 0 Å². The van der Waals surface area contributed by atoms with Gasteiger partial charge in [-0.3, -0.25) is 0 Å². The summed E-state index contributed by atoms with van der Waals surface area (Å²) in [6.07, 6.45) is 5.05. The summed E-state index contributed by atoms with van der Waals surface area (Å²) in [5, 5.41) is 0. The van der Waals surface area contributed by atoms with E-state index in [1.54, 1.807) is 0 Å². The van der Waals surface area contributed by atoms with Gasteiger partial charge in [0.2, 0.25) is 0 Å². The fourth-order valence-corrected chi connectivity index (χ4v) is 2.24. The highest BCUT2D eigenvalue weighted by molar-refractivity contribution is 5.06. The van der Waals surface area contributed by atoms with Gasteiger partial charge in [0.25, 0.3) is 0 Å². The van der Waals surface area contributed by atoms with Gasteiger partial charge in [-0.15, -0.1) is 0 Å². The second-order valence-electron chi connectivity index (χ2n) is 4.17. The van der Waals surface area contributed by atoms with Crippen molar-refractivity contribution in [2.24, 2.45) is 5.92 Å². The molecular formula is C11H18NO+. The smallest absolute Gasteiger partial charge is 0.104 e. The lowest BCUT2D eigenvalue weighted by Crippen LogP contribution is -2.62. The van der Waals surface area contributed by atoms with Crippen LogP contribution < -0.4 is 5.73 Å². The van der Waals surface area contributed by atoms with Crippen molar-refractivity contribution in [2.75, 3.05) is 0 Å². The molecule has 0 bridgehead atoms. The van der Waals surface area contributed by atoms with Crippen LogP contribution in [-0.2, 0) is 6.42 Å². The number of furan rings is 1. The first-order valence-electron chi connectivity index (χ1n) is 5.14. The zero-order valence-corrected chi connectivity index (χ0v) is 8.25. The zero-order chi connectivity index (χ0) is 9.26. The molecule has 0 amide bonds. The molecule has 0 aliphatic heterocycles. The van der Waals surface area contributed by atoms with E-state index < -0.39 is 0 Å². The summed E-state index contributed by atoms with van der Waals surface area (Å²) < 4.78 is 5.57. The fraction of sp³-hybridized carbons (Fsp3) is 0.636. The molecule has 1 aromatic heterocycles. The van der Waals surface area contributed by atoms with E-state index in [1.807, 2.05) is 13.0 Å². The van der Waals surface area contributed by atoms with Crippen molar-refractivity contribution < 1.29 is 10.2 Å². The topological polar surface area (TPSA) is 40.8 Å². The molecule has 0 spiro atoms. The van der Waals surface area contributed by atoms with Crippen LogP contribution in [0.3, 0.4) is 0 Å². The maximum absolute atomic E-state index is 5.57. The molecule has 2 heteroatoms. The summed E-state index contributed by atoms with van der Waals surface area (Å²) >= 11 is 0. The van der Waals surface area contributed by atoms with Gasteiger partial charge in [-0.05, 0) is 38.3 Å². The predicted molar refractivity (Wildman–Crippen MR) is 51.2 cm³/mol. The van der Waals surface area contributed by atoms with Gasteiger partial charge in [0, 0.05) is 12.3 Å². The van der Waals surface area contributed by atoms with Crippen LogP contribution in [0, 0.1) is 12.8 Å². The van der Waals surface area contributed by atoms with E-state index in [-0.39, 0.29) is 0 Å². The molecule has 0 radical (unpaired) electrons. The molecule has 0 saturated heterocycles. The second kappa shape index (κ2) is 3.54. The molecule has 1 aliphatic rings. The number of hydrogen-bond acceptors (Lipinski definition) is 1. The van der Waals surface area contributed by atoms with E-state index in [0.717, 1.165) is 23.9 Å². The van der Waals surface area contributed by atoms with Crippen LogP contribution in [0.1, 0.15) is 30.8 Å². The van der Waals surface area contributed by atoms with Crippen LogP contribution in [0.4, 0.5) is 0 Å². The Kier molecular flexibility index (Phi) is 2.40. The molecule has 2 rings (SSSR count).